The summed E-state index contributed by atoms with van der Waals surface area (Å²) in [7, 11) is 1.60. The van der Waals surface area contributed by atoms with Crippen LogP contribution in [-0.4, -0.2) is 35.5 Å². The minimum atomic E-state index is -0.854. The molecular weight excluding hydrogens is 206 g/mol. The lowest BCUT2D eigenvalue weighted by molar-refractivity contribution is -0.153. The number of aliphatic carboxylic acids is 1. The molecule has 0 aliphatic heterocycles. The first-order valence-electron chi connectivity index (χ1n) is 5.43. The van der Waals surface area contributed by atoms with Crippen LogP contribution in [0.3, 0.4) is 0 Å². The second-order valence-electron chi connectivity index (χ2n) is 4.42. The molecule has 88 valence electrons. The Hall–Kier alpha value is -1.50. The maximum atomic E-state index is 11.8. The largest absolute Gasteiger partial charge is 0.481 e. The lowest BCUT2D eigenvalue weighted by Gasteiger charge is -2.25. The Morgan fingerprint density at radius 3 is 2.44 bits per heavy atom. The van der Waals surface area contributed by atoms with Crippen molar-refractivity contribution >= 4 is 11.9 Å². The molecule has 1 amide bonds. The van der Waals surface area contributed by atoms with Crippen LogP contribution < -0.4 is 0 Å². The van der Waals surface area contributed by atoms with Gasteiger partial charge in [-0.3, -0.25) is 9.59 Å². The van der Waals surface area contributed by atoms with E-state index in [1.165, 1.54) is 4.90 Å². The van der Waals surface area contributed by atoms with Gasteiger partial charge in [-0.15, -0.1) is 6.42 Å². The SMILES string of the molecule is C#CCN(C)C(=O)CC1(C(=O)O)CCCC1. The molecule has 1 fully saturated rings. The number of terminal acetylenes is 1. The molecule has 0 spiro atoms. The van der Waals surface area contributed by atoms with Gasteiger partial charge in [-0.1, -0.05) is 18.8 Å². The standard InChI is InChI=1S/C12H17NO3/c1-3-8-13(2)10(14)9-12(11(15)16)6-4-5-7-12/h1H,4-9H2,2H3,(H,15,16). The van der Waals surface area contributed by atoms with Gasteiger partial charge in [-0.2, -0.15) is 0 Å². The van der Waals surface area contributed by atoms with Crippen LogP contribution in [0.2, 0.25) is 0 Å². The number of amides is 1. The quantitative estimate of drug-likeness (QED) is 0.726. The van der Waals surface area contributed by atoms with E-state index in [2.05, 4.69) is 5.92 Å². The number of carbonyl (C=O) groups excluding carboxylic acids is 1. The lowest BCUT2D eigenvalue weighted by atomic mass is 9.82. The van der Waals surface area contributed by atoms with Crippen molar-refractivity contribution in [2.75, 3.05) is 13.6 Å². The molecule has 1 rings (SSSR count). The molecule has 1 N–H and O–H groups in total. The van der Waals surface area contributed by atoms with Crippen LogP contribution in [0.15, 0.2) is 0 Å². The molecule has 1 aliphatic carbocycles. The Balaban J connectivity index is 2.67. The van der Waals surface area contributed by atoms with Crippen molar-refractivity contribution < 1.29 is 14.7 Å². The summed E-state index contributed by atoms with van der Waals surface area (Å²) >= 11 is 0. The van der Waals surface area contributed by atoms with Crippen LogP contribution in [-0.2, 0) is 9.59 Å². The maximum Gasteiger partial charge on any atom is 0.310 e. The predicted molar refractivity (Wildman–Crippen MR) is 59.6 cm³/mol. The Labute approximate surface area is 95.6 Å². The van der Waals surface area contributed by atoms with E-state index in [0.717, 1.165) is 12.8 Å². The fourth-order valence-electron chi connectivity index (χ4n) is 2.17. The van der Waals surface area contributed by atoms with E-state index in [-0.39, 0.29) is 18.9 Å². The van der Waals surface area contributed by atoms with E-state index in [1.54, 1.807) is 7.05 Å². The molecule has 1 saturated carbocycles. The van der Waals surface area contributed by atoms with Crippen LogP contribution in [0.5, 0.6) is 0 Å². The summed E-state index contributed by atoms with van der Waals surface area (Å²) in [4.78, 5) is 24.4. The summed E-state index contributed by atoms with van der Waals surface area (Å²) in [5.41, 5.74) is -0.847. The van der Waals surface area contributed by atoms with Gasteiger partial charge in [0.05, 0.1) is 12.0 Å². The van der Waals surface area contributed by atoms with E-state index in [1.807, 2.05) is 0 Å². The zero-order valence-electron chi connectivity index (χ0n) is 9.53. The monoisotopic (exact) mass is 223 g/mol. The summed E-state index contributed by atoms with van der Waals surface area (Å²) in [6, 6.07) is 0. The fourth-order valence-corrected chi connectivity index (χ4v) is 2.17. The summed E-state index contributed by atoms with van der Waals surface area (Å²) in [5.74, 6) is 1.34. The van der Waals surface area contributed by atoms with Crippen LogP contribution >= 0.6 is 0 Å². The normalized spacial score (nSPS) is 17.8. The number of rotatable bonds is 4. The molecule has 0 saturated heterocycles. The molecule has 0 heterocycles. The second kappa shape index (κ2) is 5.02. The van der Waals surface area contributed by atoms with Gasteiger partial charge in [-0.05, 0) is 12.8 Å². The second-order valence-corrected chi connectivity index (χ2v) is 4.42. The van der Waals surface area contributed by atoms with Crippen LogP contribution in [0.1, 0.15) is 32.1 Å². The van der Waals surface area contributed by atoms with Crippen molar-refractivity contribution in [3.05, 3.63) is 0 Å². The minimum Gasteiger partial charge on any atom is -0.481 e. The molecule has 4 nitrogen and oxygen atoms in total. The summed E-state index contributed by atoms with van der Waals surface area (Å²) in [6.45, 7) is 0.231. The van der Waals surface area contributed by atoms with Crippen LogP contribution in [0.25, 0.3) is 0 Å². The first kappa shape index (κ1) is 12.6. The van der Waals surface area contributed by atoms with Gasteiger partial charge in [0.25, 0.3) is 0 Å². The Morgan fingerprint density at radius 2 is 2.00 bits per heavy atom. The van der Waals surface area contributed by atoms with Gasteiger partial charge >= 0.3 is 5.97 Å². The molecule has 0 aromatic heterocycles. The van der Waals surface area contributed by atoms with Gasteiger partial charge in [0.1, 0.15) is 0 Å². The average Bonchev–Trinajstić information content (AvgIpc) is 2.68. The predicted octanol–water partition coefficient (Wildman–Crippen LogP) is 1.11. The molecule has 0 atom stereocenters. The molecule has 0 radical (unpaired) electrons. The van der Waals surface area contributed by atoms with Crippen LogP contribution in [0.4, 0.5) is 0 Å². The van der Waals surface area contributed by atoms with Crippen molar-refractivity contribution in [1.82, 2.24) is 4.90 Å². The molecule has 0 aromatic carbocycles. The van der Waals surface area contributed by atoms with Gasteiger partial charge in [0.2, 0.25) is 5.91 Å². The zero-order chi connectivity index (χ0) is 12.2. The summed E-state index contributed by atoms with van der Waals surface area (Å²) in [5, 5.41) is 9.21. The number of nitrogens with zero attached hydrogens (tertiary/aromatic N) is 1. The number of hydrogen-bond acceptors (Lipinski definition) is 2. The highest BCUT2D eigenvalue weighted by molar-refractivity contribution is 5.85. The average molecular weight is 223 g/mol. The van der Waals surface area contributed by atoms with Crippen LogP contribution in [0, 0.1) is 17.8 Å². The number of carboxylic acid groups (broad SMARTS) is 1. The van der Waals surface area contributed by atoms with E-state index < -0.39 is 11.4 Å². The highest BCUT2D eigenvalue weighted by atomic mass is 16.4. The third kappa shape index (κ3) is 2.54. The Bertz CT molecular complexity index is 324. The van der Waals surface area contributed by atoms with E-state index in [9.17, 15) is 14.7 Å². The van der Waals surface area contributed by atoms with Crippen molar-refractivity contribution in [2.24, 2.45) is 5.41 Å². The fraction of sp³-hybridized carbons (Fsp3) is 0.667. The number of carboxylic acids is 1. The third-order valence-corrected chi connectivity index (χ3v) is 3.26. The topological polar surface area (TPSA) is 57.6 Å². The minimum absolute atomic E-state index is 0.0700. The molecule has 0 aromatic rings. The van der Waals surface area contributed by atoms with Crippen molar-refractivity contribution in [3.63, 3.8) is 0 Å². The van der Waals surface area contributed by atoms with Gasteiger partial charge in [0.15, 0.2) is 0 Å². The highest BCUT2D eigenvalue weighted by Crippen LogP contribution is 2.41. The number of hydrogen-bond donors (Lipinski definition) is 1. The Morgan fingerprint density at radius 1 is 1.44 bits per heavy atom. The third-order valence-electron chi connectivity index (χ3n) is 3.26. The molecule has 0 unspecified atom stereocenters. The first-order chi connectivity index (χ1) is 7.52. The first-order valence-corrected chi connectivity index (χ1v) is 5.43. The highest BCUT2D eigenvalue weighted by Gasteiger charge is 2.43. The summed E-state index contributed by atoms with van der Waals surface area (Å²) < 4.78 is 0. The molecule has 16 heavy (non-hydrogen) atoms. The molecular formula is C12H17NO3. The van der Waals surface area contributed by atoms with E-state index in [0.29, 0.717) is 12.8 Å². The molecule has 4 heteroatoms. The van der Waals surface area contributed by atoms with E-state index >= 15 is 0 Å². The zero-order valence-corrected chi connectivity index (χ0v) is 9.53. The number of carbonyl (C=O) groups is 2. The maximum absolute atomic E-state index is 11.8. The lowest BCUT2D eigenvalue weighted by Crippen LogP contribution is -2.36. The molecule has 0 bridgehead atoms. The van der Waals surface area contributed by atoms with Crippen molar-refractivity contribution in [3.8, 4) is 12.3 Å². The van der Waals surface area contributed by atoms with Gasteiger partial charge in [-0.25, -0.2) is 0 Å². The smallest absolute Gasteiger partial charge is 0.310 e. The van der Waals surface area contributed by atoms with Crippen molar-refractivity contribution in [1.29, 1.82) is 0 Å². The van der Waals surface area contributed by atoms with Crippen molar-refractivity contribution in [2.45, 2.75) is 32.1 Å². The Kier molecular flexibility index (Phi) is 3.94. The van der Waals surface area contributed by atoms with Gasteiger partial charge in [0, 0.05) is 13.5 Å². The summed E-state index contributed by atoms with van der Waals surface area (Å²) in [6.07, 6.45) is 8.14. The van der Waals surface area contributed by atoms with Gasteiger partial charge < -0.3 is 10.0 Å². The van der Waals surface area contributed by atoms with E-state index in [4.69, 9.17) is 6.42 Å². The molecule has 1 aliphatic rings.